The summed E-state index contributed by atoms with van der Waals surface area (Å²) < 4.78 is 10.5. The second-order valence-electron chi connectivity index (χ2n) is 6.83. The standard InChI is InChI=1S/C21H23N5O3/c1-15-13-20(24-29-15)23-16-7-8-17(22-14-16)21(27)26-11-9-25(10-12-26)18-5-3-4-6-19(18)28-2/h3-8,13-14H,9-12H2,1-2H3,(H,23,24). The fourth-order valence-corrected chi connectivity index (χ4v) is 3.37. The fraction of sp³-hybridized carbons (Fsp3) is 0.286. The number of nitrogens with zero attached hydrogens (tertiary/aromatic N) is 4. The van der Waals surface area contributed by atoms with E-state index in [-0.39, 0.29) is 5.91 Å². The van der Waals surface area contributed by atoms with E-state index in [2.05, 4.69) is 20.4 Å². The molecule has 0 bridgehead atoms. The van der Waals surface area contributed by atoms with Gasteiger partial charge < -0.3 is 24.4 Å². The molecule has 3 aromatic rings. The van der Waals surface area contributed by atoms with Crippen molar-refractivity contribution in [3.05, 3.63) is 60.1 Å². The lowest BCUT2D eigenvalue weighted by Gasteiger charge is -2.36. The number of amides is 1. The molecule has 8 nitrogen and oxygen atoms in total. The number of hydrogen-bond donors (Lipinski definition) is 1. The van der Waals surface area contributed by atoms with Gasteiger partial charge in [-0.05, 0) is 31.2 Å². The molecule has 2 aromatic heterocycles. The Hall–Kier alpha value is -3.55. The van der Waals surface area contributed by atoms with Gasteiger partial charge in [0.05, 0.1) is 24.7 Å². The lowest BCUT2D eigenvalue weighted by molar-refractivity contribution is 0.0741. The van der Waals surface area contributed by atoms with E-state index in [1.807, 2.05) is 42.2 Å². The molecular formula is C21H23N5O3. The van der Waals surface area contributed by atoms with E-state index in [0.717, 1.165) is 36.0 Å². The van der Waals surface area contributed by atoms with E-state index in [1.165, 1.54) is 0 Å². The van der Waals surface area contributed by atoms with Crippen LogP contribution in [0.25, 0.3) is 0 Å². The van der Waals surface area contributed by atoms with Crippen molar-refractivity contribution in [1.82, 2.24) is 15.0 Å². The van der Waals surface area contributed by atoms with E-state index < -0.39 is 0 Å². The van der Waals surface area contributed by atoms with Crippen molar-refractivity contribution in [1.29, 1.82) is 0 Å². The maximum atomic E-state index is 12.8. The topological polar surface area (TPSA) is 83.7 Å². The Morgan fingerprint density at radius 3 is 2.59 bits per heavy atom. The minimum Gasteiger partial charge on any atom is -0.495 e. The summed E-state index contributed by atoms with van der Waals surface area (Å²) in [7, 11) is 1.67. The Morgan fingerprint density at radius 2 is 1.93 bits per heavy atom. The summed E-state index contributed by atoms with van der Waals surface area (Å²) in [6.45, 7) is 4.59. The summed E-state index contributed by atoms with van der Waals surface area (Å²) in [5, 5.41) is 6.98. The van der Waals surface area contributed by atoms with Crippen LogP contribution in [0.1, 0.15) is 16.2 Å². The van der Waals surface area contributed by atoms with Gasteiger partial charge in [0.1, 0.15) is 17.2 Å². The molecule has 3 heterocycles. The van der Waals surface area contributed by atoms with Crippen LogP contribution >= 0.6 is 0 Å². The third-order valence-corrected chi connectivity index (χ3v) is 4.88. The highest BCUT2D eigenvalue weighted by Gasteiger charge is 2.24. The van der Waals surface area contributed by atoms with Crippen molar-refractivity contribution in [3.63, 3.8) is 0 Å². The van der Waals surface area contributed by atoms with Gasteiger partial charge in [-0.1, -0.05) is 17.3 Å². The summed E-state index contributed by atoms with van der Waals surface area (Å²) >= 11 is 0. The quantitative estimate of drug-likeness (QED) is 0.713. The highest BCUT2D eigenvalue weighted by Crippen LogP contribution is 2.28. The molecule has 1 saturated heterocycles. The predicted octanol–water partition coefficient (Wildman–Crippen LogP) is 3.09. The molecule has 0 aliphatic carbocycles. The van der Waals surface area contributed by atoms with Crippen molar-refractivity contribution in [2.24, 2.45) is 0 Å². The third kappa shape index (κ3) is 4.16. The fourth-order valence-electron chi connectivity index (χ4n) is 3.37. The first-order valence-electron chi connectivity index (χ1n) is 9.47. The van der Waals surface area contributed by atoms with Gasteiger partial charge in [0.2, 0.25) is 0 Å². The van der Waals surface area contributed by atoms with Gasteiger partial charge in [0.25, 0.3) is 5.91 Å². The zero-order chi connectivity index (χ0) is 20.2. The number of carbonyl (C=O) groups excluding carboxylic acids is 1. The molecular weight excluding hydrogens is 370 g/mol. The van der Waals surface area contributed by atoms with Crippen molar-refractivity contribution in [2.45, 2.75) is 6.92 Å². The van der Waals surface area contributed by atoms with Crippen molar-refractivity contribution >= 4 is 23.1 Å². The number of aryl methyl sites for hydroxylation is 1. The molecule has 29 heavy (non-hydrogen) atoms. The van der Waals surface area contributed by atoms with E-state index in [1.54, 1.807) is 25.4 Å². The Morgan fingerprint density at radius 1 is 1.14 bits per heavy atom. The molecule has 0 atom stereocenters. The van der Waals surface area contributed by atoms with Gasteiger partial charge in [-0.25, -0.2) is 4.98 Å². The number of carbonyl (C=O) groups is 1. The summed E-state index contributed by atoms with van der Waals surface area (Å²) in [5.41, 5.74) is 2.23. The van der Waals surface area contributed by atoms with Crippen LogP contribution in [0.15, 0.2) is 53.2 Å². The van der Waals surface area contributed by atoms with Gasteiger partial charge in [-0.3, -0.25) is 4.79 Å². The number of hydrogen-bond acceptors (Lipinski definition) is 7. The lowest BCUT2D eigenvalue weighted by Crippen LogP contribution is -2.49. The van der Waals surface area contributed by atoms with Crippen molar-refractivity contribution in [3.8, 4) is 5.75 Å². The number of anilines is 3. The average molecular weight is 393 g/mol. The first-order valence-corrected chi connectivity index (χ1v) is 9.47. The second kappa shape index (κ2) is 8.22. The maximum absolute atomic E-state index is 12.8. The normalized spacial score (nSPS) is 14.0. The van der Waals surface area contributed by atoms with Crippen molar-refractivity contribution in [2.75, 3.05) is 43.5 Å². The SMILES string of the molecule is COc1ccccc1N1CCN(C(=O)c2ccc(Nc3cc(C)on3)cn2)CC1. The summed E-state index contributed by atoms with van der Waals surface area (Å²) in [6, 6.07) is 13.3. The van der Waals surface area contributed by atoms with Crippen LogP contribution in [0.3, 0.4) is 0 Å². The van der Waals surface area contributed by atoms with E-state index in [4.69, 9.17) is 9.26 Å². The first kappa shape index (κ1) is 18.8. The van der Waals surface area contributed by atoms with E-state index in [0.29, 0.717) is 24.6 Å². The van der Waals surface area contributed by atoms with Crippen molar-refractivity contribution < 1.29 is 14.1 Å². The van der Waals surface area contributed by atoms with Crippen LogP contribution in [0.5, 0.6) is 5.75 Å². The van der Waals surface area contributed by atoms with Crippen LogP contribution in [0, 0.1) is 6.92 Å². The minimum absolute atomic E-state index is 0.0616. The highest BCUT2D eigenvalue weighted by molar-refractivity contribution is 5.92. The number of piperazine rings is 1. The average Bonchev–Trinajstić information content (AvgIpc) is 3.18. The summed E-state index contributed by atoms with van der Waals surface area (Å²) in [6.07, 6.45) is 1.63. The minimum atomic E-state index is -0.0616. The Bertz CT molecular complexity index is 978. The largest absolute Gasteiger partial charge is 0.495 e. The Kier molecular flexibility index (Phi) is 5.33. The molecule has 0 radical (unpaired) electrons. The molecule has 0 spiro atoms. The second-order valence-corrected chi connectivity index (χ2v) is 6.83. The van der Waals surface area contributed by atoms with Gasteiger partial charge in [0.15, 0.2) is 5.82 Å². The van der Waals surface area contributed by atoms with Gasteiger partial charge in [-0.15, -0.1) is 0 Å². The summed E-state index contributed by atoms with van der Waals surface area (Å²) in [5.74, 6) is 2.11. The molecule has 1 amide bonds. The number of para-hydroxylation sites is 2. The summed E-state index contributed by atoms with van der Waals surface area (Å²) in [4.78, 5) is 21.2. The molecule has 150 valence electrons. The van der Waals surface area contributed by atoms with Crippen LogP contribution in [0.2, 0.25) is 0 Å². The molecule has 1 fully saturated rings. The van der Waals surface area contributed by atoms with Gasteiger partial charge in [-0.2, -0.15) is 0 Å². The highest BCUT2D eigenvalue weighted by atomic mass is 16.5. The molecule has 0 unspecified atom stereocenters. The van der Waals surface area contributed by atoms with E-state index >= 15 is 0 Å². The zero-order valence-electron chi connectivity index (χ0n) is 16.5. The number of ether oxygens (including phenoxy) is 1. The number of aromatic nitrogens is 2. The van der Waals surface area contributed by atoms with Gasteiger partial charge in [0, 0.05) is 32.2 Å². The van der Waals surface area contributed by atoms with Crippen LogP contribution in [0.4, 0.5) is 17.2 Å². The smallest absolute Gasteiger partial charge is 0.272 e. The number of nitrogens with one attached hydrogen (secondary N) is 1. The molecule has 0 saturated carbocycles. The van der Waals surface area contributed by atoms with Crippen LogP contribution in [-0.2, 0) is 0 Å². The number of rotatable bonds is 5. The maximum Gasteiger partial charge on any atom is 0.272 e. The number of pyridine rings is 1. The molecule has 8 heteroatoms. The monoisotopic (exact) mass is 393 g/mol. The molecule has 1 aromatic carbocycles. The third-order valence-electron chi connectivity index (χ3n) is 4.88. The van der Waals surface area contributed by atoms with Gasteiger partial charge >= 0.3 is 0 Å². The van der Waals surface area contributed by atoms with E-state index in [9.17, 15) is 4.79 Å². The lowest BCUT2D eigenvalue weighted by atomic mass is 10.2. The molecule has 1 N–H and O–H groups in total. The van der Waals surface area contributed by atoms with Crippen LogP contribution in [-0.4, -0.2) is 54.2 Å². The number of methoxy groups -OCH3 is 1. The zero-order valence-corrected chi connectivity index (χ0v) is 16.5. The molecule has 1 aliphatic heterocycles. The van der Waals surface area contributed by atoms with Crippen LogP contribution < -0.4 is 15.0 Å². The Balaban J connectivity index is 1.37. The first-order chi connectivity index (χ1) is 14.1. The molecule has 1 aliphatic rings. The predicted molar refractivity (Wildman–Crippen MR) is 110 cm³/mol. The Labute approximate surface area is 169 Å². The molecule has 4 rings (SSSR count). The number of benzene rings is 1.